The minimum Gasteiger partial charge on any atom is -0.327 e. The summed E-state index contributed by atoms with van der Waals surface area (Å²) in [5.41, 5.74) is 6.63. The van der Waals surface area contributed by atoms with E-state index in [1.54, 1.807) is 0 Å². The van der Waals surface area contributed by atoms with Crippen LogP contribution in [0.15, 0.2) is 23.8 Å². The van der Waals surface area contributed by atoms with Crippen molar-refractivity contribution in [1.29, 1.82) is 0 Å². The molecule has 0 aliphatic carbocycles. The molecule has 58 valence electrons. The van der Waals surface area contributed by atoms with Crippen LogP contribution in [-0.4, -0.2) is 16.8 Å². The second-order valence-electron chi connectivity index (χ2n) is 2.43. The molecule has 0 aromatic heterocycles. The molecule has 0 spiro atoms. The Bertz CT molecular complexity index is 127. The summed E-state index contributed by atoms with van der Waals surface area (Å²) in [6.45, 7) is 2.72. The van der Waals surface area contributed by atoms with Crippen LogP contribution in [0.5, 0.6) is 0 Å². The third-order valence-corrected chi connectivity index (χ3v) is 1.87. The van der Waals surface area contributed by atoms with Crippen LogP contribution in [0, 0.1) is 0 Å². The first-order valence-corrected chi connectivity index (χ1v) is 5.25. The summed E-state index contributed by atoms with van der Waals surface area (Å²) in [6.07, 6.45) is 7.60. The highest BCUT2D eigenvalue weighted by atomic mass is 28.1. The van der Waals surface area contributed by atoms with Crippen molar-refractivity contribution in [2.75, 3.05) is 6.54 Å². The Labute approximate surface area is 66.4 Å². The lowest BCUT2D eigenvalue weighted by atomic mass is 10.2. The maximum atomic E-state index is 5.39. The van der Waals surface area contributed by atoms with Crippen LogP contribution in [0.1, 0.15) is 13.3 Å². The quantitative estimate of drug-likeness (QED) is 0.467. The van der Waals surface area contributed by atoms with Gasteiger partial charge >= 0.3 is 0 Å². The molecule has 0 radical (unpaired) electrons. The minimum atomic E-state index is 0.672. The molecule has 2 heteroatoms. The summed E-state index contributed by atoms with van der Waals surface area (Å²) in [7, 11) is 1.31. The normalized spacial score (nSPS) is 13.2. The Morgan fingerprint density at radius 1 is 1.60 bits per heavy atom. The van der Waals surface area contributed by atoms with Gasteiger partial charge in [0.2, 0.25) is 0 Å². The van der Waals surface area contributed by atoms with E-state index < -0.39 is 0 Å². The van der Waals surface area contributed by atoms with Gasteiger partial charge < -0.3 is 5.73 Å². The molecule has 0 aromatic rings. The summed E-state index contributed by atoms with van der Waals surface area (Å²) in [5, 5.41) is 0. The third kappa shape index (κ3) is 5.79. The molecule has 0 amide bonds. The molecular weight excluding hydrogens is 138 g/mol. The van der Waals surface area contributed by atoms with E-state index in [0.29, 0.717) is 6.54 Å². The number of hydrogen-bond donors (Lipinski definition) is 1. The van der Waals surface area contributed by atoms with Crippen molar-refractivity contribution in [2.45, 2.75) is 19.4 Å². The van der Waals surface area contributed by atoms with Gasteiger partial charge in [-0.25, -0.2) is 0 Å². The van der Waals surface area contributed by atoms with Gasteiger partial charge in [-0.1, -0.05) is 29.8 Å². The van der Waals surface area contributed by atoms with E-state index >= 15 is 0 Å². The second-order valence-corrected chi connectivity index (χ2v) is 3.43. The molecule has 0 aliphatic heterocycles. The fourth-order valence-electron chi connectivity index (χ4n) is 0.563. The van der Waals surface area contributed by atoms with Crippen molar-refractivity contribution >= 4 is 10.2 Å². The van der Waals surface area contributed by atoms with E-state index in [-0.39, 0.29) is 0 Å². The molecule has 0 saturated carbocycles. The van der Waals surface area contributed by atoms with Gasteiger partial charge in [-0.3, -0.25) is 0 Å². The molecule has 1 nitrogen and oxygen atoms in total. The van der Waals surface area contributed by atoms with Crippen LogP contribution < -0.4 is 5.73 Å². The standard InChI is InChI=1S/C8H17NSi/c1-8(7-9)5-3-2-4-6-10/h2-3,5H,4,6-7,9H2,1,10H3/b3-2-,8-5+. The maximum Gasteiger partial charge on any atom is 0.0137 e. The van der Waals surface area contributed by atoms with E-state index in [4.69, 9.17) is 5.73 Å². The fraction of sp³-hybridized carbons (Fsp3) is 0.500. The summed E-state index contributed by atoms with van der Waals surface area (Å²) >= 11 is 0. The van der Waals surface area contributed by atoms with Crippen LogP contribution in [0.4, 0.5) is 0 Å². The first-order valence-electron chi connectivity index (χ1n) is 3.83. The summed E-state index contributed by atoms with van der Waals surface area (Å²) in [4.78, 5) is 0. The Hall–Kier alpha value is -0.343. The van der Waals surface area contributed by atoms with Crippen molar-refractivity contribution in [3.05, 3.63) is 23.8 Å². The lowest BCUT2D eigenvalue weighted by molar-refractivity contribution is 1.14. The van der Waals surface area contributed by atoms with Gasteiger partial charge in [0.25, 0.3) is 0 Å². The van der Waals surface area contributed by atoms with Crippen molar-refractivity contribution in [2.24, 2.45) is 5.73 Å². The lowest BCUT2D eigenvalue weighted by Gasteiger charge is -1.89. The summed E-state index contributed by atoms with van der Waals surface area (Å²) in [5.74, 6) is 0. The van der Waals surface area contributed by atoms with Crippen molar-refractivity contribution < 1.29 is 0 Å². The van der Waals surface area contributed by atoms with Gasteiger partial charge in [0.1, 0.15) is 0 Å². The highest BCUT2D eigenvalue weighted by Crippen LogP contribution is 1.91. The molecule has 0 bridgehead atoms. The Kier molecular flexibility index (Phi) is 6.54. The Morgan fingerprint density at radius 2 is 2.30 bits per heavy atom. The van der Waals surface area contributed by atoms with Gasteiger partial charge in [-0.2, -0.15) is 0 Å². The van der Waals surface area contributed by atoms with Crippen molar-refractivity contribution in [3.8, 4) is 0 Å². The number of allylic oxidation sites excluding steroid dienone is 3. The summed E-state index contributed by atoms with van der Waals surface area (Å²) in [6, 6.07) is 1.35. The number of nitrogens with two attached hydrogens (primary N) is 1. The molecule has 0 aliphatic rings. The molecule has 0 unspecified atom stereocenters. The smallest absolute Gasteiger partial charge is 0.0137 e. The Balaban J connectivity index is 3.49. The zero-order valence-electron chi connectivity index (χ0n) is 6.93. The highest BCUT2D eigenvalue weighted by Gasteiger charge is 1.77. The minimum absolute atomic E-state index is 0.672. The lowest BCUT2D eigenvalue weighted by Crippen LogP contribution is -1.98. The zero-order valence-corrected chi connectivity index (χ0v) is 8.93. The molecule has 0 saturated heterocycles. The van der Waals surface area contributed by atoms with Gasteiger partial charge in [0.15, 0.2) is 0 Å². The molecule has 2 N–H and O–H groups in total. The van der Waals surface area contributed by atoms with E-state index in [1.807, 2.05) is 6.92 Å². The molecule has 0 rings (SSSR count). The Morgan fingerprint density at radius 3 is 2.80 bits per heavy atom. The SMILES string of the molecule is C/C(=C\C=C/CC[SiH3])CN. The van der Waals surface area contributed by atoms with Crippen molar-refractivity contribution in [3.63, 3.8) is 0 Å². The van der Waals surface area contributed by atoms with E-state index in [1.165, 1.54) is 28.3 Å². The third-order valence-electron chi connectivity index (χ3n) is 1.29. The predicted octanol–water partition coefficient (Wildman–Crippen LogP) is 0.621. The van der Waals surface area contributed by atoms with Crippen LogP contribution in [0.25, 0.3) is 0 Å². The van der Waals surface area contributed by atoms with E-state index in [0.717, 1.165) is 0 Å². The van der Waals surface area contributed by atoms with Crippen LogP contribution >= 0.6 is 0 Å². The monoisotopic (exact) mass is 155 g/mol. The topological polar surface area (TPSA) is 26.0 Å². The van der Waals surface area contributed by atoms with Crippen molar-refractivity contribution in [1.82, 2.24) is 0 Å². The maximum absolute atomic E-state index is 5.39. The molecule has 10 heavy (non-hydrogen) atoms. The van der Waals surface area contributed by atoms with E-state index in [9.17, 15) is 0 Å². The highest BCUT2D eigenvalue weighted by molar-refractivity contribution is 6.08. The van der Waals surface area contributed by atoms with Gasteiger partial charge in [0.05, 0.1) is 0 Å². The zero-order chi connectivity index (χ0) is 7.82. The van der Waals surface area contributed by atoms with Gasteiger partial charge in [0, 0.05) is 16.8 Å². The fourth-order valence-corrected chi connectivity index (χ4v) is 0.897. The average molecular weight is 155 g/mol. The predicted molar refractivity (Wildman–Crippen MR) is 51.3 cm³/mol. The molecular formula is C8H17NSi. The molecule has 0 atom stereocenters. The largest absolute Gasteiger partial charge is 0.327 e. The first kappa shape index (κ1) is 9.66. The second kappa shape index (κ2) is 6.77. The summed E-state index contributed by atoms with van der Waals surface area (Å²) < 4.78 is 0. The average Bonchev–Trinajstić information content (AvgIpc) is 1.98. The van der Waals surface area contributed by atoms with Gasteiger partial charge in [-0.15, -0.1) is 0 Å². The molecule has 0 fully saturated rings. The van der Waals surface area contributed by atoms with Gasteiger partial charge in [-0.05, 0) is 13.3 Å². The van der Waals surface area contributed by atoms with Crippen LogP contribution in [0.2, 0.25) is 6.04 Å². The molecule has 0 heterocycles. The van der Waals surface area contributed by atoms with Crippen LogP contribution in [0.3, 0.4) is 0 Å². The number of rotatable bonds is 4. The number of hydrogen-bond acceptors (Lipinski definition) is 1. The van der Waals surface area contributed by atoms with E-state index in [2.05, 4.69) is 18.2 Å². The first-order chi connectivity index (χ1) is 4.81. The van der Waals surface area contributed by atoms with Crippen LogP contribution in [-0.2, 0) is 0 Å². The molecule has 0 aromatic carbocycles.